The van der Waals surface area contributed by atoms with Gasteiger partial charge in [-0.1, -0.05) is 33.6 Å². The summed E-state index contributed by atoms with van der Waals surface area (Å²) in [6.45, 7) is 6.64. The lowest BCUT2D eigenvalue weighted by molar-refractivity contribution is -0.139. The van der Waals surface area contributed by atoms with E-state index in [0.29, 0.717) is 18.6 Å². The third-order valence-electron chi connectivity index (χ3n) is 3.44. The number of hydrogen-bond acceptors (Lipinski definition) is 3. The van der Waals surface area contributed by atoms with E-state index < -0.39 is 12.0 Å². The molecule has 1 atom stereocenters. The highest BCUT2D eigenvalue weighted by atomic mass is 16.5. The van der Waals surface area contributed by atoms with Gasteiger partial charge in [-0.15, -0.1) is 0 Å². The number of carbonyl (C=O) groups excluding carboxylic acids is 1. The number of nitrogens with one attached hydrogen (secondary N) is 1. The van der Waals surface area contributed by atoms with Crippen LogP contribution in [0.3, 0.4) is 0 Å². The fraction of sp³-hybridized carbons (Fsp3) is 0.556. The molecule has 0 aliphatic rings. The van der Waals surface area contributed by atoms with Crippen molar-refractivity contribution in [2.75, 3.05) is 6.61 Å². The monoisotopic (exact) mass is 321 g/mol. The summed E-state index contributed by atoms with van der Waals surface area (Å²) in [5.74, 6) is -0.483. The number of rotatable bonds is 10. The maximum absolute atomic E-state index is 12.1. The molecule has 0 radical (unpaired) electrons. The molecule has 5 nitrogen and oxygen atoms in total. The van der Waals surface area contributed by atoms with E-state index >= 15 is 0 Å². The summed E-state index contributed by atoms with van der Waals surface area (Å²) in [5, 5.41) is 11.7. The van der Waals surface area contributed by atoms with Crippen LogP contribution in [-0.2, 0) is 4.79 Å². The second-order valence-corrected chi connectivity index (χ2v) is 6.07. The molecule has 0 saturated carbocycles. The molecule has 1 rings (SSSR count). The van der Waals surface area contributed by atoms with Gasteiger partial charge in [0.1, 0.15) is 11.8 Å². The molecule has 0 saturated heterocycles. The van der Waals surface area contributed by atoms with Crippen molar-refractivity contribution in [1.82, 2.24) is 5.32 Å². The highest BCUT2D eigenvalue weighted by Gasteiger charge is 2.21. The Labute approximate surface area is 138 Å². The minimum absolute atomic E-state index is 0.190. The molecule has 1 amide bonds. The van der Waals surface area contributed by atoms with Gasteiger partial charge < -0.3 is 15.2 Å². The summed E-state index contributed by atoms with van der Waals surface area (Å²) in [4.78, 5) is 23.3. The first-order valence-corrected chi connectivity index (χ1v) is 8.20. The lowest BCUT2D eigenvalue weighted by Gasteiger charge is -2.16. The number of hydrogen-bond donors (Lipinski definition) is 2. The number of carbonyl (C=O) groups is 2. The van der Waals surface area contributed by atoms with Gasteiger partial charge in [0.05, 0.1) is 6.61 Å². The van der Waals surface area contributed by atoms with E-state index in [1.807, 2.05) is 13.8 Å². The van der Waals surface area contributed by atoms with Crippen molar-refractivity contribution >= 4 is 11.9 Å². The van der Waals surface area contributed by atoms with E-state index in [1.54, 1.807) is 24.3 Å². The standard InChI is InChI=1S/C18H27NO4/c1-4-5-6-11-23-15-9-7-14(8-10-15)17(20)19-16(18(21)22)12-13(2)3/h7-10,13,16H,4-6,11-12H2,1-3H3,(H,19,20)(H,21,22)/t16-/m1/s1. The van der Waals surface area contributed by atoms with Crippen LogP contribution in [0.25, 0.3) is 0 Å². The first kappa shape index (κ1) is 19.0. The van der Waals surface area contributed by atoms with Gasteiger partial charge in [0.15, 0.2) is 0 Å². The normalized spacial score (nSPS) is 12.0. The van der Waals surface area contributed by atoms with E-state index in [1.165, 1.54) is 0 Å². The van der Waals surface area contributed by atoms with E-state index in [9.17, 15) is 9.59 Å². The van der Waals surface area contributed by atoms with Crippen molar-refractivity contribution in [3.05, 3.63) is 29.8 Å². The average molecular weight is 321 g/mol. The highest BCUT2D eigenvalue weighted by molar-refractivity contribution is 5.96. The summed E-state index contributed by atoms with van der Waals surface area (Å²) >= 11 is 0. The topological polar surface area (TPSA) is 75.6 Å². The van der Waals surface area contributed by atoms with Gasteiger partial charge in [0, 0.05) is 5.56 Å². The number of benzene rings is 1. The Morgan fingerprint density at radius 2 is 1.83 bits per heavy atom. The van der Waals surface area contributed by atoms with Gasteiger partial charge in [-0.05, 0) is 43.0 Å². The van der Waals surface area contributed by atoms with Crippen LogP contribution in [0.4, 0.5) is 0 Å². The Kier molecular flexibility index (Phi) is 8.16. The Balaban J connectivity index is 2.57. The molecule has 0 aromatic heterocycles. The van der Waals surface area contributed by atoms with Crippen LogP contribution in [0.2, 0.25) is 0 Å². The molecule has 128 valence electrons. The minimum atomic E-state index is -1.01. The van der Waals surface area contributed by atoms with Crippen molar-refractivity contribution in [2.45, 2.75) is 52.5 Å². The van der Waals surface area contributed by atoms with Crippen LogP contribution < -0.4 is 10.1 Å². The molecular weight excluding hydrogens is 294 g/mol. The minimum Gasteiger partial charge on any atom is -0.494 e. The van der Waals surface area contributed by atoms with Crippen molar-refractivity contribution in [2.24, 2.45) is 5.92 Å². The van der Waals surface area contributed by atoms with Crippen LogP contribution in [-0.4, -0.2) is 29.6 Å². The zero-order valence-electron chi connectivity index (χ0n) is 14.2. The molecule has 5 heteroatoms. The summed E-state index contributed by atoms with van der Waals surface area (Å²) < 4.78 is 5.59. The Hall–Kier alpha value is -2.04. The first-order valence-electron chi connectivity index (χ1n) is 8.20. The first-order chi connectivity index (χ1) is 10.9. The number of carboxylic acids is 1. The molecule has 0 fully saturated rings. The number of ether oxygens (including phenoxy) is 1. The van der Waals surface area contributed by atoms with Crippen LogP contribution in [0.5, 0.6) is 5.75 Å². The van der Waals surface area contributed by atoms with E-state index in [2.05, 4.69) is 12.2 Å². The van der Waals surface area contributed by atoms with Crippen molar-refractivity contribution in [3.8, 4) is 5.75 Å². The lowest BCUT2D eigenvalue weighted by Crippen LogP contribution is -2.41. The third-order valence-corrected chi connectivity index (χ3v) is 3.44. The SMILES string of the molecule is CCCCCOc1ccc(C(=O)N[C@H](CC(C)C)C(=O)O)cc1. The summed E-state index contributed by atoms with van der Waals surface area (Å²) in [7, 11) is 0. The summed E-state index contributed by atoms with van der Waals surface area (Å²) in [6, 6.07) is 5.91. The zero-order valence-corrected chi connectivity index (χ0v) is 14.2. The number of amides is 1. The number of unbranched alkanes of at least 4 members (excludes halogenated alkanes) is 2. The molecule has 23 heavy (non-hydrogen) atoms. The van der Waals surface area contributed by atoms with Gasteiger partial charge in [-0.2, -0.15) is 0 Å². The maximum Gasteiger partial charge on any atom is 0.326 e. The smallest absolute Gasteiger partial charge is 0.326 e. The van der Waals surface area contributed by atoms with Crippen LogP contribution in [0, 0.1) is 5.92 Å². The van der Waals surface area contributed by atoms with E-state index in [0.717, 1.165) is 25.0 Å². The molecule has 0 aliphatic heterocycles. The average Bonchev–Trinajstić information content (AvgIpc) is 2.51. The molecule has 0 unspecified atom stereocenters. The number of aliphatic carboxylic acids is 1. The third kappa shape index (κ3) is 7.17. The molecule has 0 heterocycles. The molecule has 0 aliphatic carbocycles. The zero-order chi connectivity index (χ0) is 17.2. The molecule has 1 aromatic rings. The molecule has 2 N–H and O–H groups in total. The van der Waals surface area contributed by atoms with Crippen molar-refractivity contribution in [1.29, 1.82) is 0 Å². The summed E-state index contributed by atoms with van der Waals surface area (Å²) in [5.41, 5.74) is 0.431. The fourth-order valence-electron chi connectivity index (χ4n) is 2.18. The van der Waals surface area contributed by atoms with Crippen LogP contribution in [0.15, 0.2) is 24.3 Å². The quantitative estimate of drug-likeness (QED) is 0.647. The second kappa shape index (κ2) is 9.87. The van der Waals surface area contributed by atoms with Crippen LogP contribution >= 0.6 is 0 Å². The number of carboxylic acid groups (broad SMARTS) is 1. The molecule has 0 spiro atoms. The fourth-order valence-corrected chi connectivity index (χ4v) is 2.18. The van der Waals surface area contributed by atoms with Crippen molar-refractivity contribution in [3.63, 3.8) is 0 Å². The summed E-state index contributed by atoms with van der Waals surface area (Å²) in [6.07, 6.45) is 3.68. The van der Waals surface area contributed by atoms with Gasteiger partial charge >= 0.3 is 5.97 Å². The second-order valence-electron chi connectivity index (χ2n) is 6.07. The van der Waals surface area contributed by atoms with Gasteiger partial charge in [0.25, 0.3) is 5.91 Å². The molecule has 1 aromatic carbocycles. The Morgan fingerprint density at radius 1 is 1.17 bits per heavy atom. The molecular formula is C18H27NO4. The lowest BCUT2D eigenvalue weighted by atomic mass is 10.0. The molecule has 0 bridgehead atoms. The van der Waals surface area contributed by atoms with Gasteiger partial charge in [0.2, 0.25) is 0 Å². The van der Waals surface area contributed by atoms with Crippen LogP contribution in [0.1, 0.15) is 56.8 Å². The van der Waals surface area contributed by atoms with Crippen molar-refractivity contribution < 1.29 is 19.4 Å². The van der Waals surface area contributed by atoms with Gasteiger partial charge in [-0.3, -0.25) is 4.79 Å². The maximum atomic E-state index is 12.1. The predicted molar refractivity (Wildman–Crippen MR) is 89.8 cm³/mol. The highest BCUT2D eigenvalue weighted by Crippen LogP contribution is 2.14. The Morgan fingerprint density at radius 3 is 2.35 bits per heavy atom. The predicted octanol–water partition coefficient (Wildman–Crippen LogP) is 3.48. The Bertz CT molecular complexity index is 496. The van der Waals surface area contributed by atoms with E-state index in [4.69, 9.17) is 9.84 Å². The van der Waals surface area contributed by atoms with E-state index in [-0.39, 0.29) is 11.8 Å². The van der Waals surface area contributed by atoms with Gasteiger partial charge in [-0.25, -0.2) is 4.79 Å². The largest absolute Gasteiger partial charge is 0.494 e.